The van der Waals surface area contributed by atoms with E-state index in [4.69, 9.17) is 5.73 Å². The molecule has 1 aliphatic rings. The zero-order valence-electron chi connectivity index (χ0n) is 10.4. The summed E-state index contributed by atoms with van der Waals surface area (Å²) in [7, 11) is 0. The minimum Gasteiger partial charge on any atom is -0.356 e. The molecule has 0 aromatic carbocycles. The fraction of sp³-hybridized carbons (Fsp3) is 0.917. The molecule has 2 atom stereocenters. The van der Waals surface area contributed by atoms with Crippen molar-refractivity contribution >= 4 is 18.3 Å². The van der Waals surface area contributed by atoms with Gasteiger partial charge in [-0.3, -0.25) is 4.79 Å². The molecule has 1 saturated carbocycles. The summed E-state index contributed by atoms with van der Waals surface area (Å²) in [5, 5.41) is 3.01. The van der Waals surface area contributed by atoms with Gasteiger partial charge >= 0.3 is 0 Å². The number of nitrogens with one attached hydrogen (secondary N) is 1. The SMILES string of the molecule is CC(C)CCNC(=O)C1CCCC(N)C1.Cl. The molecule has 4 heteroatoms. The van der Waals surface area contributed by atoms with Crippen LogP contribution in [0.5, 0.6) is 0 Å². The molecule has 0 heterocycles. The zero-order chi connectivity index (χ0) is 11.3. The highest BCUT2D eigenvalue weighted by molar-refractivity contribution is 5.85. The fourth-order valence-corrected chi connectivity index (χ4v) is 2.09. The molecular formula is C12H25ClN2O. The monoisotopic (exact) mass is 248 g/mol. The van der Waals surface area contributed by atoms with Crippen LogP contribution in [-0.2, 0) is 4.79 Å². The third kappa shape index (κ3) is 5.71. The van der Waals surface area contributed by atoms with E-state index in [9.17, 15) is 4.79 Å². The molecule has 3 nitrogen and oxygen atoms in total. The number of carbonyl (C=O) groups excluding carboxylic acids is 1. The molecule has 1 fully saturated rings. The summed E-state index contributed by atoms with van der Waals surface area (Å²) in [6.45, 7) is 5.15. The average Bonchev–Trinajstić information content (AvgIpc) is 2.17. The lowest BCUT2D eigenvalue weighted by Crippen LogP contribution is -2.38. The van der Waals surface area contributed by atoms with Crippen molar-refractivity contribution < 1.29 is 4.79 Å². The first kappa shape index (κ1) is 15.7. The van der Waals surface area contributed by atoms with Gasteiger partial charge in [0.05, 0.1) is 0 Å². The van der Waals surface area contributed by atoms with E-state index in [-0.39, 0.29) is 30.3 Å². The maximum absolute atomic E-state index is 11.8. The standard InChI is InChI=1S/C12H24N2O.ClH/c1-9(2)6-7-14-12(15)10-4-3-5-11(13)8-10;/h9-11H,3-8,13H2,1-2H3,(H,14,15);1H. The lowest BCUT2D eigenvalue weighted by molar-refractivity contribution is -0.126. The molecular weight excluding hydrogens is 224 g/mol. The van der Waals surface area contributed by atoms with Crippen LogP contribution >= 0.6 is 12.4 Å². The number of rotatable bonds is 4. The van der Waals surface area contributed by atoms with Crippen LogP contribution in [0.25, 0.3) is 0 Å². The predicted octanol–water partition coefficient (Wildman–Crippen LogP) is 2.09. The molecule has 1 aliphatic carbocycles. The minimum atomic E-state index is 0. The summed E-state index contributed by atoms with van der Waals surface area (Å²) in [5.41, 5.74) is 5.86. The number of hydrogen-bond donors (Lipinski definition) is 2. The second kappa shape index (κ2) is 7.91. The van der Waals surface area contributed by atoms with Crippen molar-refractivity contribution in [2.75, 3.05) is 6.54 Å². The van der Waals surface area contributed by atoms with Crippen LogP contribution < -0.4 is 11.1 Å². The van der Waals surface area contributed by atoms with E-state index in [0.717, 1.165) is 38.6 Å². The first-order valence-electron chi connectivity index (χ1n) is 6.13. The van der Waals surface area contributed by atoms with Crippen LogP contribution in [-0.4, -0.2) is 18.5 Å². The van der Waals surface area contributed by atoms with E-state index in [1.54, 1.807) is 0 Å². The number of amides is 1. The van der Waals surface area contributed by atoms with Crippen molar-refractivity contribution in [3.8, 4) is 0 Å². The topological polar surface area (TPSA) is 55.1 Å². The molecule has 2 unspecified atom stereocenters. The Morgan fingerprint density at radius 1 is 1.44 bits per heavy atom. The molecule has 0 aromatic rings. The van der Waals surface area contributed by atoms with Crippen molar-refractivity contribution in [1.82, 2.24) is 5.32 Å². The zero-order valence-corrected chi connectivity index (χ0v) is 11.2. The molecule has 0 bridgehead atoms. The first-order valence-corrected chi connectivity index (χ1v) is 6.13. The summed E-state index contributed by atoms with van der Waals surface area (Å²) < 4.78 is 0. The maximum Gasteiger partial charge on any atom is 0.223 e. The van der Waals surface area contributed by atoms with E-state index in [2.05, 4.69) is 19.2 Å². The second-order valence-corrected chi connectivity index (χ2v) is 5.10. The van der Waals surface area contributed by atoms with Crippen molar-refractivity contribution in [3.63, 3.8) is 0 Å². The van der Waals surface area contributed by atoms with Crippen LogP contribution in [0, 0.1) is 11.8 Å². The van der Waals surface area contributed by atoms with E-state index < -0.39 is 0 Å². The Hall–Kier alpha value is -0.280. The van der Waals surface area contributed by atoms with Gasteiger partial charge in [0.25, 0.3) is 0 Å². The highest BCUT2D eigenvalue weighted by atomic mass is 35.5. The Bertz CT molecular complexity index is 209. The van der Waals surface area contributed by atoms with E-state index in [1.807, 2.05) is 0 Å². The summed E-state index contributed by atoms with van der Waals surface area (Å²) in [6, 6.07) is 0.236. The van der Waals surface area contributed by atoms with Crippen LogP contribution in [0.1, 0.15) is 46.0 Å². The van der Waals surface area contributed by atoms with E-state index in [0.29, 0.717) is 5.92 Å². The van der Waals surface area contributed by atoms with Gasteiger partial charge in [0.15, 0.2) is 0 Å². The molecule has 96 valence electrons. The van der Waals surface area contributed by atoms with Crippen molar-refractivity contribution in [2.24, 2.45) is 17.6 Å². The Morgan fingerprint density at radius 3 is 2.69 bits per heavy atom. The van der Waals surface area contributed by atoms with Gasteiger partial charge in [-0.05, 0) is 31.6 Å². The van der Waals surface area contributed by atoms with Gasteiger partial charge in [0, 0.05) is 18.5 Å². The molecule has 0 radical (unpaired) electrons. The maximum atomic E-state index is 11.8. The molecule has 0 saturated heterocycles. The van der Waals surface area contributed by atoms with Crippen molar-refractivity contribution in [2.45, 2.75) is 52.0 Å². The van der Waals surface area contributed by atoms with Crippen LogP contribution in [0.15, 0.2) is 0 Å². The third-order valence-corrected chi connectivity index (χ3v) is 3.11. The summed E-state index contributed by atoms with van der Waals surface area (Å²) >= 11 is 0. The van der Waals surface area contributed by atoms with Crippen LogP contribution in [0.3, 0.4) is 0 Å². The Labute approximate surface area is 105 Å². The molecule has 1 amide bonds. The summed E-state index contributed by atoms with van der Waals surface area (Å²) in [4.78, 5) is 11.8. The van der Waals surface area contributed by atoms with Crippen LogP contribution in [0.2, 0.25) is 0 Å². The molecule has 3 N–H and O–H groups in total. The average molecular weight is 249 g/mol. The molecule has 0 spiro atoms. The summed E-state index contributed by atoms with van der Waals surface area (Å²) in [5.74, 6) is 1.03. The van der Waals surface area contributed by atoms with Gasteiger partial charge in [-0.1, -0.05) is 20.3 Å². The van der Waals surface area contributed by atoms with Crippen molar-refractivity contribution in [1.29, 1.82) is 0 Å². The van der Waals surface area contributed by atoms with E-state index >= 15 is 0 Å². The quantitative estimate of drug-likeness (QED) is 0.801. The van der Waals surface area contributed by atoms with Gasteiger partial charge in [-0.15, -0.1) is 12.4 Å². The Morgan fingerprint density at radius 2 is 2.12 bits per heavy atom. The highest BCUT2D eigenvalue weighted by Crippen LogP contribution is 2.23. The molecule has 0 aromatic heterocycles. The second-order valence-electron chi connectivity index (χ2n) is 5.10. The van der Waals surface area contributed by atoms with E-state index in [1.165, 1.54) is 0 Å². The number of carbonyl (C=O) groups is 1. The van der Waals surface area contributed by atoms with Crippen LogP contribution in [0.4, 0.5) is 0 Å². The Kier molecular flexibility index (Phi) is 7.77. The predicted molar refractivity (Wildman–Crippen MR) is 69.6 cm³/mol. The largest absolute Gasteiger partial charge is 0.356 e. The van der Waals surface area contributed by atoms with Gasteiger partial charge < -0.3 is 11.1 Å². The van der Waals surface area contributed by atoms with Gasteiger partial charge in [0.2, 0.25) is 5.91 Å². The van der Waals surface area contributed by atoms with Crippen molar-refractivity contribution in [3.05, 3.63) is 0 Å². The normalized spacial score (nSPS) is 25.0. The smallest absolute Gasteiger partial charge is 0.223 e. The summed E-state index contributed by atoms with van der Waals surface area (Å²) in [6.07, 6.45) is 5.12. The number of hydrogen-bond acceptors (Lipinski definition) is 2. The molecule has 0 aliphatic heterocycles. The number of nitrogens with two attached hydrogens (primary N) is 1. The van der Waals surface area contributed by atoms with Gasteiger partial charge in [-0.2, -0.15) is 0 Å². The number of halogens is 1. The minimum absolute atomic E-state index is 0. The highest BCUT2D eigenvalue weighted by Gasteiger charge is 2.24. The lowest BCUT2D eigenvalue weighted by Gasteiger charge is -2.25. The fourth-order valence-electron chi connectivity index (χ4n) is 2.09. The lowest BCUT2D eigenvalue weighted by atomic mass is 9.85. The van der Waals surface area contributed by atoms with Gasteiger partial charge in [-0.25, -0.2) is 0 Å². The molecule has 1 rings (SSSR count). The first-order chi connectivity index (χ1) is 7.09. The molecule has 16 heavy (non-hydrogen) atoms. The third-order valence-electron chi connectivity index (χ3n) is 3.11. The van der Waals surface area contributed by atoms with Gasteiger partial charge in [0.1, 0.15) is 0 Å². The Balaban J connectivity index is 0.00000225.